The van der Waals surface area contributed by atoms with E-state index in [4.69, 9.17) is 28.9 Å². The van der Waals surface area contributed by atoms with Gasteiger partial charge in [0.2, 0.25) is 11.8 Å². The van der Waals surface area contributed by atoms with Crippen molar-refractivity contribution < 1.29 is 9.59 Å². The van der Waals surface area contributed by atoms with Crippen LogP contribution < -0.4 is 11.1 Å². The van der Waals surface area contributed by atoms with Gasteiger partial charge in [-0.15, -0.1) is 0 Å². The number of primary amides is 1. The molecule has 1 heterocycles. The van der Waals surface area contributed by atoms with Gasteiger partial charge in [0.15, 0.2) is 0 Å². The maximum absolute atomic E-state index is 12.0. The van der Waals surface area contributed by atoms with E-state index in [9.17, 15) is 9.59 Å². The lowest BCUT2D eigenvalue weighted by molar-refractivity contribution is -0.123. The SMILES string of the molecule is NC(=O)C1CCN(CC(=O)Nc2ccc(Cl)c(Cl)c2)CC1. The van der Waals surface area contributed by atoms with Gasteiger partial charge in [-0.25, -0.2) is 0 Å². The summed E-state index contributed by atoms with van der Waals surface area (Å²) in [6.07, 6.45) is 1.41. The zero-order chi connectivity index (χ0) is 15.4. The van der Waals surface area contributed by atoms with Gasteiger partial charge in [-0.1, -0.05) is 23.2 Å². The van der Waals surface area contributed by atoms with Crippen LogP contribution in [0, 0.1) is 5.92 Å². The Morgan fingerprint density at radius 1 is 1.24 bits per heavy atom. The molecule has 2 rings (SSSR count). The van der Waals surface area contributed by atoms with E-state index < -0.39 is 0 Å². The number of hydrogen-bond donors (Lipinski definition) is 2. The first-order valence-corrected chi connectivity index (χ1v) is 7.48. The first-order chi connectivity index (χ1) is 9.95. The van der Waals surface area contributed by atoms with Crippen molar-refractivity contribution in [2.24, 2.45) is 11.7 Å². The number of halogens is 2. The van der Waals surface area contributed by atoms with Crippen molar-refractivity contribution in [2.45, 2.75) is 12.8 Å². The summed E-state index contributed by atoms with van der Waals surface area (Å²) in [5, 5.41) is 3.62. The molecule has 0 aromatic heterocycles. The Labute approximate surface area is 133 Å². The predicted molar refractivity (Wildman–Crippen MR) is 83.5 cm³/mol. The largest absolute Gasteiger partial charge is 0.369 e. The molecule has 1 saturated heterocycles. The highest BCUT2D eigenvalue weighted by Crippen LogP contribution is 2.25. The topological polar surface area (TPSA) is 75.4 Å². The third-order valence-electron chi connectivity index (χ3n) is 3.56. The molecule has 0 spiro atoms. The van der Waals surface area contributed by atoms with E-state index in [0.717, 1.165) is 0 Å². The average molecular weight is 330 g/mol. The number of benzene rings is 1. The number of nitrogens with zero attached hydrogens (tertiary/aromatic N) is 1. The van der Waals surface area contributed by atoms with Crippen LogP contribution in [-0.4, -0.2) is 36.3 Å². The number of hydrogen-bond acceptors (Lipinski definition) is 3. The van der Waals surface area contributed by atoms with Crippen molar-refractivity contribution in [1.82, 2.24) is 4.90 Å². The van der Waals surface area contributed by atoms with Crippen molar-refractivity contribution in [3.05, 3.63) is 28.2 Å². The van der Waals surface area contributed by atoms with Crippen LogP contribution in [0.4, 0.5) is 5.69 Å². The van der Waals surface area contributed by atoms with Gasteiger partial charge in [0.25, 0.3) is 0 Å². The molecule has 0 aliphatic carbocycles. The molecule has 1 aromatic carbocycles. The molecule has 114 valence electrons. The average Bonchev–Trinajstić information content (AvgIpc) is 2.43. The zero-order valence-corrected chi connectivity index (χ0v) is 13.0. The van der Waals surface area contributed by atoms with Gasteiger partial charge in [-0.3, -0.25) is 14.5 Å². The Kier molecular flexibility index (Phi) is 5.45. The van der Waals surface area contributed by atoms with Gasteiger partial charge in [0.1, 0.15) is 0 Å². The number of amides is 2. The molecule has 1 fully saturated rings. The first kappa shape index (κ1) is 16.1. The second kappa shape index (κ2) is 7.11. The van der Waals surface area contributed by atoms with Crippen molar-refractivity contribution >= 4 is 40.7 Å². The molecule has 0 atom stereocenters. The van der Waals surface area contributed by atoms with E-state index in [1.165, 1.54) is 0 Å². The van der Waals surface area contributed by atoms with Crippen LogP contribution in [0.3, 0.4) is 0 Å². The first-order valence-electron chi connectivity index (χ1n) is 6.72. The van der Waals surface area contributed by atoms with E-state index in [-0.39, 0.29) is 24.3 Å². The summed E-state index contributed by atoms with van der Waals surface area (Å²) in [5.41, 5.74) is 5.89. The lowest BCUT2D eigenvalue weighted by Gasteiger charge is -2.29. The van der Waals surface area contributed by atoms with Crippen molar-refractivity contribution in [3.8, 4) is 0 Å². The smallest absolute Gasteiger partial charge is 0.238 e. The summed E-state index contributed by atoms with van der Waals surface area (Å²) in [5.74, 6) is -0.444. The number of rotatable bonds is 4. The molecule has 2 amide bonds. The molecule has 0 bridgehead atoms. The van der Waals surface area contributed by atoms with Crippen LogP contribution in [0.15, 0.2) is 18.2 Å². The van der Waals surface area contributed by atoms with Crippen LogP contribution in [0.5, 0.6) is 0 Å². The summed E-state index contributed by atoms with van der Waals surface area (Å²) in [6.45, 7) is 1.68. The number of nitrogens with one attached hydrogen (secondary N) is 1. The van der Waals surface area contributed by atoms with Crippen molar-refractivity contribution in [2.75, 3.05) is 25.0 Å². The van der Waals surface area contributed by atoms with Gasteiger partial charge in [0.05, 0.1) is 16.6 Å². The Bertz CT molecular complexity index is 543. The van der Waals surface area contributed by atoms with Gasteiger partial charge >= 0.3 is 0 Å². The summed E-state index contributed by atoms with van der Waals surface area (Å²) >= 11 is 11.7. The van der Waals surface area contributed by atoms with E-state index >= 15 is 0 Å². The molecule has 1 aliphatic rings. The summed E-state index contributed by atoms with van der Waals surface area (Å²) < 4.78 is 0. The number of carbonyl (C=O) groups is 2. The molecule has 3 N–H and O–H groups in total. The van der Waals surface area contributed by atoms with Crippen molar-refractivity contribution in [3.63, 3.8) is 0 Å². The highest BCUT2D eigenvalue weighted by molar-refractivity contribution is 6.42. The van der Waals surface area contributed by atoms with Crippen LogP contribution in [0.1, 0.15) is 12.8 Å². The van der Waals surface area contributed by atoms with Crippen molar-refractivity contribution in [1.29, 1.82) is 0 Å². The van der Waals surface area contributed by atoms with Crippen LogP contribution in [-0.2, 0) is 9.59 Å². The van der Waals surface area contributed by atoms with E-state index in [2.05, 4.69) is 5.32 Å². The maximum Gasteiger partial charge on any atom is 0.238 e. The van der Waals surface area contributed by atoms with Gasteiger partial charge < -0.3 is 11.1 Å². The highest BCUT2D eigenvalue weighted by atomic mass is 35.5. The monoisotopic (exact) mass is 329 g/mol. The molecule has 7 heteroatoms. The summed E-state index contributed by atoms with van der Waals surface area (Å²) in [7, 11) is 0. The minimum absolute atomic E-state index is 0.0700. The lowest BCUT2D eigenvalue weighted by atomic mass is 9.96. The molecule has 5 nitrogen and oxygen atoms in total. The number of piperidine rings is 1. The molecule has 1 aliphatic heterocycles. The minimum atomic E-state index is -0.255. The quantitative estimate of drug-likeness (QED) is 0.888. The number of likely N-dealkylation sites (tertiary alicyclic amines) is 1. The Morgan fingerprint density at radius 2 is 1.90 bits per heavy atom. The number of carbonyl (C=O) groups excluding carboxylic acids is 2. The normalized spacial score (nSPS) is 16.7. The van der Waals surface area contributed by atoms with E-state index in [1.807, 2.05) is 4.90 Å². The van der Waals surface area contributed by atoms with Gasteiger partial charge in [-0.05, 0) is 44.1 Å². The molecular weight excluding hydrogens is 313 g/mol. The molecule has 0 saturated carbocycles. The Morgan fingerprint density at radius 3 is 2.48 bits per heavy atom. The minimum Gasteiger partial charge on any atom is -0.369 e. The standard InChI is InChI=1S/C14H17Cl2N3O2/c15-11-2-1-10(7-12(11)16)18-13(20)8-19-5-3-9(4-6-19)14(17)21/h1-2,7,9H,3-6,8H2,(H2,17,21)(H,18,20). The third kappa shape index (κ3) is 4.59. The van der Waals surface area contributed by atoms with Crippen LogP contribution in [0.25, 0.3) is 0 Å². The Hall–Kier alpha value is -1.30. The lowest BCUT2D eigenvalue weighted by Crippen LogP contribution is -2.42. The predicted octanol–water partition coefficient (Wildman–Crippen LogP) is 2.13. The molecule has 21 heavy (non-hydrogen) atoms. The summed E-state index contributed by atoms with van der Waals surface area (Å²) in [4.78, 5) is 25.1. The van der Waals surface area contributed by atoms with Gasteiger partial charge in [-0.2, -0.15) is 0 Å². The summed E-state index contributed by atoms with van der Waals surface area (Å²) in [6, 6.07) is 4.95. The molecular formula is C14H17Cl2N3O2. The zero-order valence-electron chi connectivity index (χ0n) is 11.4. The maximum atomic E-state index is 12.0. The number of nitrogens with two attached hydrogens (primary N) is 1. The van der Waals surface area contributed by atoms with E-state index in [0.29, 0.717) is 41.7 Å². The number of anilines is 1. The van der Waals surface area contributed by atoms with E-state index in [1.54, 1.807) is 18.2 Å². The highest BCUT2D eigenvalue weighted by Gasteiger charge is 2.24. The Balaban J connectivity index is 1.82. The van der Waals surface area contributed by atoms with Crippen LogP contribution in [0.2, 0.25) is 10.0 Å². The molecule has 1 aromatic rings. The second-order valence-electron chi connectivity index (χ2n) is 5.13. The second-order valence-corrected chi connectivity index (χ2v) is 5.94. The molecule has 0 unspecified atom stereocenters. The fourth-order valence-corrected chi connectivity index (χ4v) is 2.65. The fraction of sp³-hybridized carbons (Fsp3) is 0.429. The molecule has 0 radical (unpaired) electrons. The third-order valence-corrected chi connectivity index (χ3v) is 4.30. The fourth-order valence-electron chi connectivity index (χ4n) is 2.35. The van der Waals surface area contributed by atoms with Gasteiger partial charge in [0, 0.05) is 11.6 Å². The van der Waals surface area contributed by atoms with Crippen LogP contribution >= 0.6 is 23.2 Å².